The first-order valence-corrected chi connectivity index (χ1v) is 7.65. The van der Waals surface area contributed by atoms with Gasteiger partial charge in [-0.2, -0.15) is 0 Å². The zero-order valence-electron chi connectivity index (χ0n) is 13.1. The van der Waals surface area contributed by atoms with Gasteiger partial charge in [-0.05, 0) is 46.5 Å². The molecule has 2 N–H and O–H groups in total. The smallest absolute Gasteiger partial charge is 0.317 e. The van der Waals surface area contributed by atoms with Crippen molar-refractivity contribution in [1.82, 2.24) is 10.2 Å². The molecule has 0 aromatic heterocycles. The molecular weight excluding hydrogens is 272 g/mol. The number of hydrogen-bond donors (Lipinski definition) is 2. The zero-order chi connectivity index (χ0) is 15.7. The quantitative estimate of drug-likeness (QED) is 0.815. The minimum atomic E-state index is -0.829. The predicted octanol–water partition coefficient (Wildman–Crippen LogP) is 1.84. The van der Waals surface area contributed by atoms with Gasteiger partial charge in [0, 0.05) is 25.7 Å². The molecule has 2 unspecified atom stereocenters. The Morgan fingerprint density at radius 3 is 2.67 bits per heavy atom. The van der Waals surface area contributed by atoms with Crippen LogP contribution in [0.2, 0.25) is 0 Å². The van der Waals surface area contributed by atoms with Crippen molar-refractivity contribution in [2.24, 2.45) is 5.41 Å². The summed E-state index contributed by atoms with van der Waals surface area (Å²) in [7, 11) is 0. The van der Waals surface area contributed by atoms with E-state index in [2.05, 4.69) is 5.32 Å². The second kappa shape index (κ2) is 5.83. The average molecular weight is 298 g/mol. The molecule has 0 aromatic carbocycles. The molecule has 120 valence electrons. The summed E-state index contributed by atoms with van der Waals surface area (Å²) in [4.78, 5) is 25.4. The van der Waals surface area contributed by atoms with Crippen LogP contribution < -0.4 is 5.32 Å². The number of carbonyl (C=O) groups is 2. The molecule has 0 radical (unpaired) electrons. The van der Waals surface area contributed by atoms with E-state index in [0.717, 1.165) is 19.3 Å². The van der Waals surface area contributed by atoms with E-state index in [1.54, 1.807) is 11.8 Å². The van der Waals surface area contributed by atoms with E-state index >= 15 is 0 Å². The van der Waals surface area contributed by atoms with Gasteiger partial charge in [0.1, 0.15) is 0 Å². The number of piperidine rings is 1. The van der Waals surface area contributed by atoms with Gasteiger partial charge in [-0.3, -0.25) is 4.79 Å². The number of likely N-dealkylation sites (tertiary alicyclic amines) is 1. The summed E-state index contributed by atoms with van der Waals surface area (Å²) >= 11 is 0. The summed E-state index contributed by atoms with van der Waals surface area (Å²) in [6, 6.07) is -0.0517. The third-order valence-electron chi connectivity index (χ3n) is 4.52. The van der Waals surface area contributed by atoms with Crippen molar-refractivity contribution in [3.05, 3.63) is 0 Å². The number of amides is 2. The minimum Gasteiger partial charge on any atom is -0.481 e. The van der Waals surface area contributed by atoms with Crippen LogP contribution in [0.3, 0.4) is 0 Å². The van der Waals surface area contributed by atoms with Crippen LogP contribution in [0.1, 0.15) is 46.5 Å². The Labute approximate surface area is 125 Å². The normalized spacial score (nSPS) is 32.5. The molecule has 2 heterocycles. The fraction of sp³-hybridized carbons (Fsp3) is 0.867. The van der Waals surface area contributed by atoms with Gasteiger partial charge in [-0.25, -0.2) is 4.79 Å². The average Bonchev–Trinajstić information content (AvgIpc) is 2.37. The lowest BCUT2D eigenvalue weighted by Crippen LogP contribution is -2.55. The lowest BCUT2D eigenvalue weighted by molar-refractivity contribution is -0.150. The van der Waals surface area contributed by atoms with E-state index in [4.69, 9.17) is 4.74 Å². The van der Waals surface area contributed by atoms with E-state index < -0.39 is 11.4 Å². The molecule has 0 aliphatic carbocycles. The van der Waals surface area contributed by atoms with Crippen LogP contribution in [0, 0.1) is 5.41 Å². The summed E-state index contributed by atoms with van der Waals surface area (Å²) < 4.78 is 5.64. The monoisotopic (exact) mass is 298 g/mol. The third kappa shape index (κ3) is 3.87. The number of carbonyl (C=O) groups excluding carboxylic acids is 1. The third-order valence-corrected chi connectivity index (χ3v) is 4.52. The number of rotatable bonds is 2. The number of carboxylic acids is 1. The molecular formula is C15H26N2O4. The van der Waals surface area contributed by atoms with Gasteiger partial charge < -0.3 is 20.1 Å². The van der Waals surface area contributed by atoms with Crippen LogP contribution in [-0.2, 0) is 9.53 Å². The first-order valence-electron chi connectivity index (χ1n) is 7.65. The topological polar surface area (TPSA) is 78.9 Å². The number of aliphatic carboxylic acids is 1. The minimum absolute atomic E-state index is 0.0965. The maximum atomic E-state index is 12.4. The van der Waals surface area contributed by atoms with Crippen molar-refractivity contribution in [2.75, 3.05) is 19.7 Å². The van der Waals surface area contributed by atoms with Crippen molar-refractivity contribution in [3.8, 4) is 0 Å². The molecule has 0 spiro atoms. The Bertz CT molecular complexity index is 424. The maximum absolute atomic E-state index is 12.4. The molecule has 0 aromatic rings. The first kappa shape index (κ1) is 16.1. The molecule has 6 heteroatoms. The predicted molar refractivity (Wildman–Crippen MR) is 78.1 cm³/mol. The largest absolute Gasteiger partial charge is 0.481 e. The Kier molecular flexibility index (Phi) is 4.46. The number of hydrogen-bond acceptors (Lipinski definition) is 3. The fourth-order valence-electron chi connectivity index (χ4n) is 3.21. The molecule has 21 heavy (non-hydrogen) atoms. The summed E-state index contributed by atoms with van der Waals surface area (Å²) in [5.74, 6) is -0.827. The van der Waals surface area contributed by atoms with Crippen molar-refractivity contribution in [2.45, 2.75) is 58.1 Å². The van der Waals surface area contributed by atoms with E-state index in [0.29, 0.717) is 19.6 Å². The standard InChI is InChI=1S/C15H26N2O4/c1-14(2)9-11(5-8-21-14)16-13(20)17-7-4-6-15(3,10-17)12(18)19/h11H,4-10H2,1-3H3,(H,16,20)(H,18,19). The molecule has 0 bridgehead atoms. The fourth-order valence-corrected chi connectivity index (χ4v) is 3.21. The first-order chi connectivity index (χ1) is 9.72. The van der Waals surface area contributed by atoms with Crippen LogP contribution in [0.15, 0.2) is 0 Å². The van der Waals surface area contributed by atoms with E-state index in [1.807, 2.05) is 13.8 Å². The summed E-state index contributed by atoms with van der Waals surface area (Å²) in [5.41, 5.74) is -1.04. The van der Waals surface area contributed by atoms with Crippen LogP contribution in [0.5, 0.6) is 0 Å². The molecule has 2 fully saturated rings. The maximum Gasteiger partial charge on any atom is 0.317 e. The Morgan fingerprint density at radius 1 is 1.33 bits per heavy atom. The summed E-state index contributed by atoms with van der Waals surface area (Å²) in [6.07, 6.45) is 2.94. The second-order valence-corrected chi connectivity index (χ2v) is 7.14. The van der Waals surface area contributed by atoms with Gasteiger partial charge in [-0.1, -0.05) is 0 Å². The van der Waals surface area contributed by atoms with Crippen LogP contribution >= 0.6 is 0 Å². The molecule has 2 amide bonds. The highest BCUT2D eigenvalue weighted by atomic mass is 16.5. The summed E-state index contributed by atoms with van der Waals surface area (Å²) in [5, 5.41) is 12.3. The second-order valence-electron chi connectivity index (χ2n) is 7.14. The molecule has 2 saturated heterocycles. The Hall–Kier alpha value is -1.30. The van der Waals surface area contributed by atoms with Gasteiger partial charge >= 0.3 is 12.0 Å². The van der Waals surface area contributed by atoms with Crippen molar-refractivity contribution >= 4 is 12.0 Å². The molecule has 2 atom stereocenters. The number of urea groups is 1. The zero-order valence-corrected chi connectivity index (χ0v) is 13.1. The highest BCUT2D eigenvalue weighted by Gasteiger charge is 2.40. The lowest BCUT2D eigenvalue weighted by Gasteiger charge is -2.40. The number of nitrogens with one attached hydrogen (secondary N) is 1. The Balaban J connectivity index is 1.92. The SMILES string of the molecule is CC1(C)CC(NC(=O)N2CCCC(C)(C(=O)O)C2)CCO1. The van der Waals surface area contributed by atoms with Crippen LogP contribution in [-0.4, -0.2) is 53.3 Å². The lowest BCUT2D eigenvalue weighted by atomic mass is 9.82. The van der Waals surface area contributed by atoms with Gasteiger partial charge in [0.2, 0.25) is 0 Å². The van der Waals surface area contributed by atoms with Gasteiger partial charge in [0.25, 0.3) is 0 Å². The van der Waals surface area contributed by atoms with Crippen LogP contribution in [0.4, 0.5) is 4.79 Å². The highest BCUT2D eigenvalue weighted by molar-refractivity contribution is 5.78. The molecule has 6 nitrogen and oxygen atoms in total. The van der Waals surface area contributed by atoms with E-state index in [1.165, 1.54) is 0 Å². The molecule has 0 saturated carbocycles. The molecule has 2 aliphatic heterocycles. The van der Waals surface area contributed by atoms with Crippen molar-refractivity contribution in [3.63, 3.8) is 0 Å². The van der Waals surface area contributed by atoms with Crippen LogP contribution in [0.25, 0.3) is 0 Å². The number of carboxylic acid groups (broad SMARTS) is 1. The van der Waals surface area contributed by atoms with Gasteiger partial charge in [0.15, 0.2) is 0 Å². The van der Waals surface area contributed by atoms with Gasteiger partial charge in [-0.15, -0.1) is 0 Å². The molecule has 2 aliphatic rings. The van der Waals surface area contributed by atoms with Crippen molar-refractivity contribution < 1.29 is 19.4 Å². The Morgan fingerprint density at radius 2 is 2.05 bits per heavy atom. The summed E-state index contributed by atoms with van der Waals surface area (Å²) in [6.45, 7) is 7.31. The number of ether oxygens (including phenoxy) is 1. The van der Waals surface area contributed by atoms with E-state index in [-0.39, 0.29) is 24.2 Å². The molecule has 2 rings (SSSR count). The van der Waals surface area contributed by atoms with E-state index in [9.17, 15) is 14.7 Å². The highest BCUT2D eigenvalue weighted by Crippen LogP contribution is 2.30. The number of nitrogens with zero attached hydrogens (tertiary/aromatic N) is 1. The van der Waals surface area contributed by atoms with Crippen molar-refractivity contribution in [1.29, 1.82) is 0 Å². The van der Waals surface area contributed by atoms with Gasteiger partial charge in [0.05, 0.1) is 11.0 Å².